The van der Waals surface area contributed by atoms with E-state index in [4.69, 9.17) is 5.11 Å². The number of nitrogens with one attached hydrogen (secondary N) is 1. The van der Waals surface area contributed by atoms with Gasteiger partial charge in [0.05, 0.1) is 24.5 Å². The molecule has 1 aromatic carbocycles. The van der Waals surface area contributed by atoms with Crippen LogP contribution < -0.4 is 10.2 Å². The van der Waals surface area contributed by atoms with Gasteiger partial charge in [0.15, 0.2) is 0 Å². The first-order chi connectivity index (χ1) is 11.6. The highest BCUT2D eigenvalue weighted by Crippen LogP contribution is 2.28. The lowest BCUT2D eigenvalue weighted by Gasteiger charge is -2.27. The lowest BCUT2D eigenvalue weighted by Crippen LogP contribution is -2.40. The van der Waals surface area contributed by atoms with Crippen molar-refractivity contribution in [3.8, 4) is 0 Å². The van der Waals surface area contributed by atoms with Crippen molar-refractivity contribution in [1.82, 2.24) is 4.90 Å². The fourth-order valence-electron chi connectivity index (χ4n) is 2.92. The third-order valence-corrected chi connectivity index (χ3v) is 4.11. The zero-order valence-corrected chi connectivity index (χ0v) is 13.8. The summed E-state index contributed by atoms with van der Waals surface area (Å²) in [4.78, 5) is 15.5. The summed E-state index contributed by atoms with van der Waals surface area (Å²) >= 11 is 0. The van der Waals surface area contributed by atoms with Crippen LogP contribution >= 0.6 is 0 Å². The highest BCUT2D eigenvalue weighted by molar-refractivity contribution is 5.93. The lowest BCUT2D eigenvalue weighted by atomic mass is 10.2. The number of benzene rings is 1. The van der Waals surface area contributed by atoms with Crippen molar-refractivity contribution in [2.24, 2.45) is 0 Å². The molecular weight excluding hydrogens is 316 g/mol. The van der Waals surface area contributed by atoms with E-state index in [0.717, 1.165) is 36.5 Å². The van der Waals surface area contributed by atoms with Crippen molar-refractivity contribution in [2.75, 3.05) is 43.0 Å². The Morgan fingerprint density at radius 3 is 2.50 bits per heavy atom. The monoisotopic (exact) mass is 341 g/mol. The summed E-state index contributed by atoms with van der Waals surface area (Å²) in [5.41, 5.74) is 1.52. The first-order valence-electron chi connectivity index (χ1n) is 8.40. The number of hydrogen-bond donors (Lipinski definition) is 2. The zero-order chi connectivity index (χ0) is 17.4. The molecule has 0 atom stereocenters. The highest BCUT2D eigenvalue weighted by Gasteiger charge is 2.20. The van der Waals surface area contributed by atoms with Gasteiger partial charge in [0, 0.05) is 19.6 Å². The quantitative estimate of drug-likeness (QED) is 0.836. The Bertz CT molecular complexity index is 520. The van der Waals surface area contributed by atoms with Gasteiger partial charge in [0.25, 0.3) is 6.43 Å². The molecular formula is C17H25F2N3O2. The summed E-state index contributed by atoms with van der Waals surface area (Å²) in [7, 11) is 0. The van der Waals surface area contributed by atoms with Gasteiger partial charge in [0.1, 0.15) is 0 Å². The minimum atomic E-state index is -2.64. The number of carbonyl (C=O) groups excluding carboxylic acids is 1. The van der Waals surface area contributed by atoms with E-state index >= 15 is 0 Å². The van der Waals surface area contributed by atoms with Gasteiger partial charge in [0.2, 0.25) is 0 Å². The van der Waals surface area contributed by atoms with Gasteiger partial charge < -0.3 is 20.2 Å². The van der Waals surface area contributed by atoms with Crippen LogP contribution in [0.4, 0.5) is 25.0 Å². The normalized spacial score (nSPS) is 15.2. The number of hydrogen-bond acceptors (Lipinski definition) is 3. The van der Waals surface area contributed by atoms with Crippen LogP contribution in [0.15, 0.2) is 24.3 Å². The molecule has 0 radical (unpaired) electrons. The maximum atomic E-state index is 12.6. The zero-order valence-electron chi connectivity index (χ0n) is 13.8. The summed E-state index contributed by atoms with van der Waals surface area (Å²) in [6.07, 6.45) is 1.96. The highest BCUT2D eigenvalue weighted by atomic mass is 19.3. The average molecular weight is 341 g/mol. The van der Waals surface area contributed by atoms with Crippen LogP contribution in [0.3, 0.4) is 0 Å². The lowest BCUT2D eigenvalue weighted by molar-refractivity contribution is 0.0943. The van der Waals surface area contributed by atoms with Crippen LogP contribution in [-0.4, -0.2) is 55.2 Å². The Hall–Kier alpha value is -1.89. The summed E-state index contributed by atoms with van der Waals surface area (Å²) in [6.45, 7) is 0.669. The molecule has 2 amide bonds. The van der Waals surface area contributed by atoms with Crippen molar-refractivity contribution in [3.63, 3.8) is 0 Å². The molecule has 0 saturated carbocycles. The van der Waals surface area contributed by atoms with E-state index in [0.29, 0.717) is 5.69 Å². The molecule has 2 N–H and O–H groups in total. The third-order valence-electron chi connectivity index (χ3n) is 4.11. The van der Waals surface area contributed by atoms with E-state index in [1.807, 2.05) is 12.1 Å². The number of carbonyl (C=O) groups is 1. The Morgan fingerprint density at radius 2 is 1.88 bits per heavy atom. The van der Waals surface area contributed by atoms with Crippen LogP contribution in [0.5, 0.6) is 0 Å². The van der Waals surface area contributed by atoms with Crippen molar-refractivity contribution < 1.29 is 18.7 Å². The van der Waals surface area contributed by atoms with E-state index in [1.165, 1.54) is 12.8 Å². The predicted molar refractivity (Wildman–Crippen MR) is 90.8 cm³/mol. The number of rotatable bonds is 6. The SMILES string of the molecule is O=C(Nc1ccccc1N1CCCCCC1)N(CCO)CC(F)F. The standard InChI is InChI=1S/C17H25F2N3O2/c18-16(19)13-22(11-12-23)17(24)20-14-7-3-4-8-15(14)21-9-5-1-2-6-10-21/h3-4,7-8,16,23H,1-2,5-6,9-13H2,(H,20,24). The number of para-hydroxylation sites is 2. The Kier molecular flexibility index (Phi) is 7.24. The smallest absolute Gasteiger partial charge is 0.322 e. The van der Waals surface area contributed by atoms with Crippen LogP contribution in [0.2, 0.25) is 0 Å². The van der Waals surface area contributed by atoms with Crippen molar-refractivity contribution >= 4 is 17.4 Å². The maximum Gasteiger partial charge on any atom is 0.322 e. The molecule has 0 bridgehead atoms. The van der Waals surface area contributed by atoms with E-state index in [9.17, 15) is 13.6 Å². The third kappa shape index (κ3) is 5.33. The van der Waals surface area contributed by atoms with Crippen LogP contribution in [0, 0.1) is 0 Å². The second-order valence-electron chi connectivity index (χ2n) is 5.91. The molecule has 1 aliphatic rings. The molecule has 1 heterocycles. The molecule has 1 aromatic rings. The minimum absolute atomic E-state index is 0.123. The Balaban J connectivity index is 2.11. The first kappa shape index (κ1) is 18.4. The van der Waals surface area contributed by atoms with Gasteiger partial charge in [-0.05, 0) is 25.0 Å². The largest absolute Gasteiger partial charge is 0.395 e. The molecule has 1 fully saturated rings. The molecule has 0 spiro atoms. The molecule has 0 aliphatic carbocycles. The number of anilines is 2. The van der Waals surface area contributed by atoms with Crippen molar-refractivity contribution in [3.05, 3.63) is 24.3 Å². The molecule has 2 rings (SSSR count). The maximum absolute atomic E-state index is 12.6. The average Bonchev–Trinajstić information content (AvgIpc) is 2.84. The van der Waals surface area contributed by atoms with Crippen LogP contribution in [-0.2, 0) is 0 Å². The second kappa shape index (κ2) is 9.42. The topological polar surface area (TPSA) is 55.8 Å². The number of aliphatic hydroxyl groups is 1. The first-order valence-corrected chi connectivity index (χ1v) is 8.40. The van der Waals surface area contributed by atoms with E-state index < -0.39 is 19.0 Å². The minimum Gasteiger partial charge on any atom is -0.395 e. The van der Waals surface area contributed by atoms with Gasteiger partial charge in [-0.2, -0.15) is 0 Å². The van der Waals surface area contributed by atoms with Crippen molar-refractivity contribution in [2.45, 2.75) is 32.1 Å². The molecule has 24 heavy (non-hydrogen) atoms. The van der Waals surface area contributed by atoms with Gasteiger partial charge in [-0.15, -0.1) is 0 Å². The van der Waals surface area contributed by atoms with E-state index in [-0.39, 0.29) is 13.2 Å². The summed E-state index contributed by atoms with van der Waals surface area (Å²) < 4.78 is 25.2. The van der Waals surface area contributed by atoms with Crippen molar-refractivity contribution in [1.29, 1.82) is 0 Å². The molecule has 5 nitrogen and oxygen atoms in total. The second-order valence-corrected chi connectivity index (χ2v) is 5.91. The number of aliphatic hydroxyl groups excluding tert-OH is 1. The number of alkyl halides is 2. The molecule has 1 aliphatic heterocycles. The predicted octanol–water partition coefficient (Wildman–Crippen LogP) is 3.16. The van der Waals surface area contributed by atoms with E-state index in [2.05, 4.69) is 10.2 Å². The van der Waals surface area contributed by atoms with Gasteiger partial charge in [-0.25, -0.2) is 13.6 Å². The number of nitrogens with zero attached hydrogens (tertiary/aromatic N) is 2. The Morgan fingerprint density at radius 1 is 1.21 bits per heavy atom. The Labute approximate surface area is 141 Å². The van der Waals surface area contributed by atoms with Gasteiger partial charge in [-0.3, -0.25) is 0 Å². The summed E-state index contributed by atoms with van der Waals surface area (Å²) in [6, 6.07) is 6.80. The van der Waals surface area contributed by atoms with Crippen LogP contribution in [0.1, 0.15) is 25.7 Å². The fraction of sp³-hybridized carbons (Fsp3) is 0.588. The summed E-state index contributed by atoms with van der Waals surface area (Å²) in [5, 5.41) is 11.7. The molecule has 134 valence electrons. The molecule has 0 aromatic heterocycles. The van der Waals surface area contributed by atoms with E-state index in [1.54, 1.807) is 12.1 Å². The van der Waals surface area contributed by atoms with Crippen LogP contribution in [0.25, 0.3) is 0 Å². The van der Waals surface area contributed by atoms with Gasteiger partial charge in [-0.1, -0.05) is 25.0 Å². The van der Waals surface area contributed by atoms with Gasteiger partial charge >= 0.3 is 6.03 Å². The number of urea groups is 1. The molecule has 1 saturated heterocycles. The summed E-state index contributed by atoms with van der Waals surface area (Å²) in [5.74, 6) is 0. The number of halogens is 2. The number of amides is 2. The molecule has 7 heteroatoms. The fourth-order valence-corrected chi connectivity index (χ4v) is 2.92. The molecule has 0 unspecified atom stereocenters.